The molecule has 3 aromatic rings. The SMILES string of the molecule is Cc1nc2ccc(NC(=O)[C@H](C)n3ccnc3C(C)C)cc2s1. The minimum atomic E-state index is -0.311. The summed E-state index contributed by atoms with van der Waals surface area (Å²) >= 11 is 1.63. The van der Waals surface area contributed by atoms with Crippen LogP contribution >= 0.6 is 11.3 Å². The number of aryl methyl sites for hydroxylation is 1. The van der Waals surface area contributed by atoms with Gasteiger partial charge in [-0.2, -0.15) is 0 Å². The van der Waals surface area contributed by atoms with Crippen molar-refractivity contribution in [3.8, 4) is 0 Å². The van der Waals surface area contributed by atoms with Crippen molar-refractivity contribution in [3.05, 3.63) is 41.4 Å². The molecule has 120 valence electrons. The van der Waals surface area contributed by atoms with Gasteiger partial charge in [-0.1, -0.05) is 13.8 Å². The molecule has 1 amide bonds. The van der Waals surface area contributed by atoms with Gasteiger partial charge >= 0.3 is 0 Å². The first kappa shape index (κ1) is 15.7. The van der Waals surface area contributed by atoms with E-state index < -0.39 is 0 Å². The molecular formula is C17H20N4OS. The average molecular weight is 328 g/mol. The Balaban J connectivity index is 1.80. The number of rotatable bonds is 4. The van der Waals surface area contributed by atoms with E-state index in [9.17, 15) is 4.79 Å². The molecule has 0 unspecified atom stereocenters. The number of aromatic nitrogens is 3. The third-order valence-corrected chi connectivity index (χ3v) is 4.71. The first-order valence-corrected chi connectivity index (χ1v) is 8.48. The summed E-state index contributed by atoms with van der Waals surface area (Å²) in [6.45, 7) is 8.02. The lowest BCUT2D eigenvalue weighted by atomic mass is 10.2. The van der Waals surface area contributed by atoms with Gasteiger partial charge in [-0.05, 0) is 32.0 Å². The maximum absolute atomic E-state index is 12.6. The van der Waals surface area contributed by atoms with E-state index in [-0.39, 0.29) is 17.9 Å². The van der Waals surface area contributed by atoms with Gasteiger partial charge in [0.05, 0.1) is 15.2 Å². The van der Waals surface area contributed by atoms with E-state index in [2.05, 4.69) is 29.1 Å². The summed E-state index contributed by atoms with van der Waals surface area (Å²) in [7, 11) is 0. The summed E-state index contributed by atoms with van der Waals surface area (Å²) in [4.78, 5) is 21.3. The van der Waals surface area contributed by atoms with Crippen molar-refractivity contribution in [2.45, 2.75) is 39.7 Å². The Bertz CT molecular complexity index is 849. The highest BCUT2D eigenvalue weighted by Gasteiger charge is 2.19. The van der Waals surface area contributed by atoms with Crippen LogP contribution in [0, 0.1) is 6.92 Å². The van der Waals surface area contributed by atoms with E-state index in [4.69, 9.17) is 0 Å². The van der Waals surface area contributed by atoms with Gasteiger partial charge in [0.25, 0.3) is 0 Å². The van der Waals surface area contributed by atoms with Crippen molar-refractivity contribution < 1.29 is 4.79 Å². The molecule has 0 saturated carbocycles. The molecule has 0 bridgehead atoms. The molecule has 6 heteroatoms. The topological polar surface area (TPSA) is 59.8 Å². The third kappa shape index (κ3) is 3.12. The Morgan fingerprint density at radius 1 is 1.30 bits per heavy atom. The number of hydrogen-bond donors (Lipinski definition) is 1. The lowest BCUT2D eigenvalue weighted by Crippen LogP contribution is -2.24. The highest BCUT2D eigenvalue weighted by molar-refractivity contribution is 7.18. The number of imidazole rings is 1. The highest BCUT2D eigenvalue weighted by Crippen LogP contribution is 2.25. The number of hydrogen-bond acceptors (Lipinski definition) is 4. The molecule has 0 aliphatic rings. The number of carbonyl (C=O) groups is 1. The first-order chi connectivity index (χ1) is 11.0. The van der Waals surface area contributed by atoms with Crippen LogP contribution in [0.4, 0.5) is 5.69 Å². The molecule has 0 spiro atoms. The van der Waals surface area contributed by atoms with Gasteiger partial charge in [0.1, 0.15) is 11.9 Å². The molecule has 2 heterocycles. The van der Waals surface area contributed by atoms with Gasteiger partial charge in [-0.15, -0.1) is 11.3 Å². The van der Waals surface area contributed by atoms with E-state index in [1.165, 1.54) is 0 Å². The Labute approximate surface area is 139 Å². The Kier molecular flexibility index (Phi) is 4.17. The summed E-state index contributed by atoms with van der Waals surface area (Å²) in [5, 5.41) is 4.01. The van der Waals surface area contributed by atoms with Gasteiger partial charge in [0.2, 0.25) is 5.91 Å². The van der Waals surface area contributed by atoms with Crippen molar-refractivity contribution in [2.75, 3.05) is 5.32 Å². The van der Waals surface area contributed by atoms with Gasteiger partial charge in [-0.25, -0.2) is 9.97 Å². The second-order valence-electron chi connectivity index (χ2n) is 5.93. The van der Waals surface area contributed by atoms with Crippen LogP contribution in [0.25, 0.3) is 10.2 Å². The fourth-order valence-corrected chi connectivity index (χ4v) is 3.46. The number of benzene rings is 1. The lowest BCUT2D eigenvalue weighted by Gasteiger charge is -2.17. The summed E-state index contributed by atoms with van der Waals surface area (Å²) in [6.07, 6.45) is 3.60. The van der Waals surface area contributed by atoms with Crippen LogP contribution in [-0.4, -0.2) is 20.4 Å². The lowest BCUT2D eigenvalue weighted by molar-refractivity contribution is -0.118. The van der Waals surface area contributed by atoms with Crippen LogP contribution in [0.5, 0.6) is 0 Å². The molecular weight excluding hydrogens is 308 g/mol. The third-order valence-electron chi connectivity index (χ3n) is 3.77. The predicted octanol–water partition coefficient (Wildman–Crippen LogP) is 4.12. The van der Waals surface area contributed by atoms with Crippen LogP contribution in [-0.2, 0) is 4.79 Å². The van der Waals surface area contributed by atoms with Gasteiger partial charge in [0, 0.05) is 24.0 Å². The van der Waals surface area contributed by atoms with E-state index >= 15 is 0 Å². The fraction of sp³-hybridized carbons (Fsp3) is 0.353. The van der Waals surface area contributed by atoms with E-state index in [1.54, 1.807) is 17.5 Å². The second kappa shape index (κ2) is 6.12. The minimum absolute atomic E-state index is 0.0505. The van der Waals surface area contributed by atoms with E-state index in [1.807, 2.05) is 42.8 Å². The quantitative estimate of drug-likeness (QED) is 0.783. The molecule has 1 atom stereocenters. The van der Waals surface area contributed by atoms with Crippen molar-refractivity contribution >= 4 is 33.1 Å². The smallest absolute Gasteiger partial charge is 0.247 e. The van der Waals surface area contributed by atoms with Crippen molar-refractivity contribution in [1.29, 1.82) is 0 Å². The van der Waals surface area contributed by atoms with Crippen LogP contribution < -0.4 is 5.32 Å². The zero-order valence-electron chi connectivity index (χ0n) is 13.7. The minimum Gasteiger partial charge on any atom is -0.324 e. The summed E-state index contributed by atoms with van der Waals surface area (Å²) in [5.41, 5.74) is 1.76. The zero-order valence-corrected chi connectivity index (χ0v) is 14.5. The number of amides is 1. The number of carbonyl (C=O) groups excluding carboxylic acids is 1. The molecule has 0 aliphatic carbocycles. The van der Waals surface area contributed by atoms with Crippen molar-refractivity contribution in [3.63, 3.8) is 0 Å². The average Bonchev–Trinajstić information content (AvgIpc) is 3.11. The maximum Gasteiger partial charge on any atom is 0.247 e. The van der Waals surface area contributed by atoms with Crippen LogP contribution in [0.15, 0.2) is 30.6 Å². The molecule has 2 aromatic heterocycles. The molecule has 0 radical (unpaired) electrons. The van der Waals surface area contributed by atoms with E-state index in [0.717, 1.165) is 26.7 Å². The van der Waals surface area contributed by atoms with Crippen molar-refractivity contribution in [2.24, 2.45) is 0 Å². The normalized spacial score (nSPS) is 12.7. The molecule has 5 nitrogen and oxygen atoms in total. The molecule has 1 aromatic carbocycles. The molecule has 23 heavy (non-hydrogen) atoms. The van der Waals surface area contributed by atoms with Gasteiger partial charge in [-0.3, -0.25) is 4.79 Å². The monoisotopic (exact) mass is 328 g/mol. The standard InChI is InChI=1S/C17H20N4OS/c1-10(2)16-18-7-8-21(16)11(3)17(22)20-13-5-6-14-15(9-13)23-12(4)19-14/h5-11H,1-4H3,(H,20,22)/t11-/m0/s1. The highest BCUT2D eigenvalue weighted by atomic mass is 32.1. The Morgan fingerprint density at radius 2 is 2.09 bits per heavy atom. The molecule has 0 fully saturated rings. The molecule has 1 N–H and O–H groups in total. The van der Waals surface area contributed by atoms with Crippen LogP contribution in [0.3, 0.4) is 0 Å². The first-order valence-electron chi connectivity index (χ1n) is 7.66. The number of anilines is 1. The Morgan fingerprint density at radius 3 is 2.83 bits per heavy atom. The van der Waals surface area contributed by atoms with Crippen LogP contribution in [0.2, 0.25) is 0 Å². The number of fused-ring (bicyclic) bond motifs is 1. The largest absolute Gasteiger partial charge is 0.324 e. The Hall–Kier alpha value is -2.21. The van der Waals surface area contributed by atoms with Crippen molar-refractivity contribution in [1.82, 2.24) is 14.5 Å². The number of thiazole rings is 1. The maximum atomic E-state index is 12.6. The number of nitrogens with one attached hydrogen (secondary N) is 1. The summed E-state index contributed by atoms with van der Waals surface area (Å²) in [6, 6.07) is 5.50. The summed E-state index contributed by atoms with van der Waals surface area (Å²) in [5.74, 6) is 1.14. The van der Waals surface area contributed by atoms with Gasteiger partial charge in [0.15, 0.2) is 0 Å². The molecule has 3 rings (SSSR count). The molecule has 0 saturated heterocycles. The zero-order chi connectivity index (χ0) is 16.6. The van der Waals surface area contributed by atoms with Crippen LogP contribution in [0.1, 0.15) is 43.6 Å². The predicted molar refractivity (Wildman–Crippen MR) is 94.0 cm³/mol. The summed E-state index contributed by atoms with van der Waals surface area (Å²) < 4.78 is 3.01. The second-order valence-corrected chi connectivity index (χ2v) is 7.16. The molecule has 0 aliphatic heterocycles. The van der Waals surface area contributed by atoms with Gasteiger partial charge < -0.3 is 9.88 Å². The number of nitrogens with zero attached hydrogens (tertiary/aromatic N) is 3. The van der Waals surface area contributed by atoms with E-state index in [0.29, 0.717) is 0 Å². The fourth-order valence-electron chi connectivity index (χ4n) is 2.59.